The molecule has 0 atom stereocenters. The van der Waals surface area contributed by atoms with Crippen LogP contribution in [0.3, 0.4) is 0 Å². The zero-order valence-electron chi connectivity index (χ0n) is 11.2. The molecule has 2 rings (SSSR count). The molecule has 1 amide bonds. The molecule has 3 heteroatoms. The second-order valence-electron chi connectivity index (χ2n) is 4.67. The van der Waals surface area contributed by atoms with Gasteiger partial charge in [-0.15, -0.1) is 0 Å². The van der Waals surface area contributed by atoms with E-state index in [-0.39, 0.29) is 5.91 Å². The first-order valence-corrected chi connectivity index (χ1v) is 6.28. The Morgan fingerprint density at radius 2 is 1.79 bits per heavy atom. The van der Waals surface area contributed by atoms with Crippen molar-refractivity contribution in [1.82, 2.24) is 0 Å². The lowest BCUT2D eigenvalue weighted by Gasteiger charge is -2.09. The summed E-state index contributed by atoms with van der Waals surface area (Å²) in [5.41, 5.74) is 10.2. The van der Waals surface area contributed by atoms with Crippen LogP contribution in [0, 0.1) is 13.8 Å². The van der Waals surface area contributed by atoms with Gasteiger partial charge < -0.3 is 11.1 Å². The standard InChI is InChI=1S/C16H18N2O/c1-11-3-4-12(2)15(9-11)18-16(19)14-7-5-13(10-17)6-8-14/h3-9H,10,17H2,1-2H3,(H,18,19). The molecular weight excluding hydrogens is 236 g/mol. The van der Waals surface area contributed by atoms with Gasteiger partial charge in [-0.3, -0.25) is 4.79 Å². The Balaban J connectivity index is 2.18. The predicted octanol–water partition coefficient (Wildman–Crippen LogP) is 3.01. The van der Waals surface area contributed by atoms with Crippen molar-refractivity contribution in [2.24, 2.45) is 5.73 Å². The van der Waals surface area contributed by atoms with Gasteiger partial charge in [0.1, 0.15) is 0 Å². The van der Waals surface area contributed by atoms with Crippen molar-refractivity contribution in [3.8, 4) is 0 Å². The fourth-order valence-electron chi connectivity index (χ4n) is 1.86. The van der Waals surface area contributed by atoms with Gasteiger partial charge in [-0.1, -0.05) is 24.3 Å². The first-order chi connectivity index (χ1) is 9.10. The second kappa shape index (κ2) is 5.67. The van der Waals surface area contributed by atoms with Crippen LogP contribution in [0.1, 0.15) is 27.0 Å². The molecule has 0 spiro atoms. The van der Waals surface area contributed by atoms with E-state index in [4.69, 9.17) is 5.73 Å². The highest BCUT2D eigenvalue weighted by Crippen LogP contribution is 2.17. The summed E-state index contributed by atoms with van der Waals surface area (Å²) in [5, 5.41) is 2.93. The molecule has 0 saturated heterocycles. The predicted molar refractivity (Wildman–Crippen MR) is 78.2 cm³/mol. The van der Waals surface area contributed by atoms with Gasteiger partial charge in [0.05, 0.1) is 0 Å². The molecule has 3 nitrogen and oxygen atoms in total. The van der Waals surface area contributed by atoms with Crippen molar-refractivity contribution in [1.29, 1.82) is 0 Å². The Morgan fingerprint density at radius 1 is 1.11 bits per heavy atom. The Morgan fingerprint density at radius 3 is 2.42 bits per heavy atom. The van der Waals surface area contributed by atoms with Gasteiger partial charge in [0.25, 0.3) is 5.91 Å². The molecule has 0 bridgehead atoms. The molecule has 2 aromatic rings. The molecule has 0 saturated carbocycles. The lowest BCUT2D eigenvalue weighted by molar-refractivity contribution is 0.102. The monoisotopic (exact) mass is 254 g/mol. The molecule has 2 aromatic carbocycles. The quantitative estimate of drug-likeness (QED) is 0.884. The van der Waals surface area contributed by atoms with Crippen LogP contribution in [-0.2, 0) is 6.54 Å². The van der Waals surface area contributed by atoms with E-state index >= 15 is 0 Å². The lowest BCUT2D eigenvalue weighted by Crippen LogP contribution is -2.13. The first kappa shape index (κ1) is 13.3. The number of amides is 1. The maximum Gasteiger partial charge on any atom is 0.255 e. The number of carbonyl (C=O) groups excluding carboxylic acids is 1. The highest BCUT2D eigenvalue weighted by molar-refractivity contribution is 6.04. The molecule has 0 aromatic heterocycles. The number of anilines is 1. The van der Waals surface area contributed by atoms with Crippen molar-refractivity contribution in [3.63, 3.8) is 0 Å². The molecule has 0 unspecified atom stereocenters. The van der Waals surface area contributed by atoms with Gasteiger partial charge in [0.2, 0.25) is 0 Å². The largest absolute Gasteiger partial charge is 0.326 e. The van der Waals surface area contributed by atoms with Gasteiger partial charge in [0.15, 0.2) is 0 Å². The highest BCUT2D eigenvalue weighted by atomic mass is 16.1. The highest BCUT2D eigenvalue weighted by Gasteiger charge is 2.07. The van der Waals surface area contributed by atoms with Crippen molar-refractivity contribution in [2.75, 3.05) is 5.32 Å². The minimum absolute atomic E-state index is 0.0997. The van der Waals surface area contributed by atoms with Gasteiger partial charge in [-0.05, 0) is 48.7 Å². The Labute approximate surface area is 113 Å². The number of hydrogen-bond donors (Lipinski definition) is 2. The molecule has 98 valence electrons. The minimum atomic E-state index is -0.0997. The maximum absolute atomic E-state index is 12.1. The minimum Gasteiger partial charge on any atom is -0.326 e. The number of nitrogens with one attached hydrogen (secondary N) is 1. The fraction of sp³-hybridized carbons (Fsp3) is 0.188. The Hall–Kier alpha value is -2.13. The van der Waals surface area contributed by atoms with E-state index in [1.54, 1.807) is 12.1 Å². The van der Waals surface area contributed by atoms with Crippen LogP contribution in [0.4, 0.5) is 5.69 Å². The molecule has 3 N–H and O–H groups in total. The molecule has 0 aliphatic carbocycles. The van der Waals surface area contributed by atoms with E-state index in [1.807, 2.05) is 44.2 Å². The zero-order valence-corrected chi connectivity index (χ0v) is 11.2. The zero-order chi connectivity index (χ0) is 13.8. The van der Waals surface area contributed by atoms with Gasteiger partial charge in [-0.25, -0.2) is 0 Å². The van der Waals surface area contributed by atoms with E-state index in [0.29, 0.717) is 12.1 Å². The van der Waals surface area contributed by atoms with Crippen LogP contribution in [0.25, 0.3) is 0 Å². The van der Waals surface area contributed by atoms with Crippen molar-refractivity contribution < 1.29 is 4.79 Å². The summed E-state index contributed by atoms with van der Waals surface area (Å²) in [7, 11) is 0. The summed E-state index contributed by atoms with van der Waals surface area (Å²) in [5.74, 6) is -0.0997. The molecule has 0 radical (unpaired) electrons. The summed E-state index contributed by atoms with van der Waals surface area (Å²) >= 11 is 0. The van der Waals surface area contributed by atoms with E-state index in [1.165, 1.54) is 0 Å². The topological polar surface area (TPSA) is 55.1 Å². The SMILES string of the molecule is Cc1ccc(C)c(NC(=O)c2ccc(CN)cc2)c1. The summed E-state index contributed by atoms with van der Waals surface area (Å²) in [4.78, 5) is 12.1. The average Bonchev–Trinajstić information content (AvgIpc) is 2.43. The number of carbonyl (C=O) groups is 1. The molecule has 0 aliphatic rings. The van der Waals surface area contributed by atoms with Crippen LogP contribution in [-0.4, -0.2) is 5.91 Å². The van der Waals surface area contributed by atoms with E-state index < -0.39 is 0 Å². The van der Waals surface area contributed by atoms with Gasteiger partial charge in [0, 0.05) is 17.8 Å². The van der Waals surface area contributed by atoms with Crippen molar-refractivity contribution >= 4 is 11.6 Å². The number of aryl methyl sites for hydroxylation is 2. The number of nitrogens with two attached hydrogens (primary N) is 1. The van der Waals surface area contributed by atoms with E-state index in [0.717, 1.165) is 22.4 Å². The first-order valence-electron chi connectivity index (χ1n) is 6.28. The smallest absolute Gasteiger partial charge is 0.255 e. The fourth-order valence-corrected chi connectivity index (χ4v) is 1.86. The molecule has 0 heterocycles. The Bertz CT molecular complexity index is 588. The average molecular weight is 254 g/mol. The molecule has 0 aliphatic heterocycles. The van der Waals surface area contributed by atoms with E-state index in [9.17, 15) is 4.79 Å². The molecule has 19 heavy (non-hydrogen) atoms. The number of hydrogen-bond acceptors (Lipinski definition) is 2. The second-order valence-corrected chi connectivity index (χ2v) is 4.67. The number of rotatable bonds is 3. The summed E-state index contributed by atoms with van der Waals surface area (Å²) in [6, 6.07) is 13.3. The molecular formula is C16H18N2O. The summed E-state index contributed by atoms with van der Waals surface area (Å²) in [6.45, 7) is 4.47. The normalized spacial score (nSPS) is 10.3. The van der Waals surface area contributed by atoms with Crippen molar-refractivity contribution in [2.45, 2.75) is 20.4 Å². The molecule has 0 fully saturated rings. The van der Waals surface area contributed by atoms with Crippen LogP contribution < -0.4 is 11.1 Å². The lowest BCUT2D eigenvalue weighted by atomic mass is 10.1. The summed E-state index contributed by atoms with van der Waals surface area (Å²) in [6.07, 6.45) is 0. The summed E-state index contributed by atoms with van der Waals surface area (Å²) < 4.78 is 0. The third kappa shape index (κ3) is 3.20. The van der Waals surface area contributed by atoms with Crippen LogP contribution in [0.5, 0.6) is 0 Å². The number of benzene rings is 2. The van der Waals surface area contributed by atoms with Crippen molar-refractivity contribution in [3.05, 3.63) is 64.7 Å². The van der Waals surface area contributed by atoms with Crippen LogP contribution in [0.15, 0.2) is 42.5 Å². The van der Waals surface area contributed by atoms with Crippen LogP contribution in [0.2, 0.25) is 0 Å². The van der Waals surface area contributed by atoms with Crippen LogP contribution >= 0.6 is 0 Å². The van der Waals surface area contributed by atoms with Gasteiger partial charge in [-0.2, -0.15) is 0 Å². The third-order valence-electron chi connectivity index (χ3n) is 3.09. The van der Waals surface area contributed by atoms with Gasteiger partial charge >= 0.3 is 0 Å². The Kier molecular flexibility index (Phi) is 3.97. The van der Waals surface area contributed by atoms with E-state index in [2.05, 4.69) is 5.32 Å². The third-order valence-corrected chi connectivity index (χ3v) is 3.09. The maximum atomic E-state index is 12.1.